The summed E-state index contributed by atoms with van der Waals surface area (Å²) in [5, 5.41) is 3.70. The normalized spacial score (nSPS) is 10.6. The van der Waals surface area contributed by atoms with Crippen molar-refractivity contribution in [1.29, 1.82) is 0 Å². The standard InChI is InChI=1S/C22H17N3O2/c1-27-17-10-8-15(9-11-17)21-13-19(18-6-2-3-7-20(18)25-21)22(26)24-16-5-4-12-23-14-16/h2-14H,1H3,(H,24,26). The number of carbonyl (C=O) groups excluding carboxylic acids is 1. The van der Waals surface area contributed by atoms with E-state index in [0.717, 1.165) is 27.9 Å². The predicted molar refractivity (Wildman–Crippen MR) is 106 cm³/mol. The smallest absolute Gasteiger partial charge is 0.256 e. The monoisotopic (exact) mass is 355 g/mol. The van der Waals surface area contributed by atoms with Gasteiger partial charge in [-0.2, -0.15) is 0 Å². The zero-order valence-corrected chi connectivity index (χ0v) is 14.7. The summed E-state index contributed by atoms with van der Waals surface area (Å²) in [6.07, 6.45) is 3.28. The molecule has 2 aromatic heterocycles. The minimum atomic E-state index is -0.198. The maximum absolute atomic E-state index is 12.9. The van der Waals surface area contributed by atoms with Gasteiger partial charge in [0.2, 0.25) is 0 Å². The molecule has 0 saturated carbocycles. The number of benzene rings is 2. The number of methoxy groups -OCH3 is 1. The summed E-state index contributed by atoms with van der Waals surface area (Å²) in [7, 11) is 1.63. The van der Waals surface area contributed by atoms with E-state index >= 15 is 0 Å². The van der Waals surface area contributed by atoms with E-state index in [2.05, 4.69) is 10.3 Å². The number of amides is 1. The van der Waals surface area contributed by atoms with Gasteiger partial charge in [-0.05, 0) is 48.5 Å². The Bertz CT molecular complexity index is 1090. The van der Waals surface area contributed by atoms with Gasteiger partial charge in [-0.15, -0.1) is 0 Å². The first-order valence-electron chi connectivity index (χ1n) is 8.50. The Kier molecular flexibility index (Phi) is 4.49. The number of hydrogen-bond donors (Lipinski definition) is 1. The van der Waals surface area contributed by atoms with Gasteiger partial charge in [0.25, 0.3) is 5.91 Å². The van der Waals surface area contributed by atoms with Crippen molar-refractivity contribution in [1.82, 2.24) is 9.97 Å². The first kappa shape index (κ1) is 16.7. The average Bonchev–Trinajstić information content (AvgIpc) is 2.73. The van der Waals surface area contributed by atoms with Gasteiger partial charge in [-0.25, -0.2) is 4.98 Å². The lowest BCUT2D eigenvalue weighted by atomic mass is 10.0. The van der Waals surface area contributed by atoms with Gasteiger partial charge in [0.15, 0.2) is 0 Å². The van der Waals surface area contributed by atoms with E-state index < -0.39 is 0 Å². The average molecular weight is 355 g/mol. The number of pyridine rings is 2. The molecule has 5 nitrogen and oxygen atoms in total. The largest absolute Gasteiger partial charge is 0.497 e. The van der Waals surface area contributed by atoms with E-state index in [0.29, 0.717) is 11.3 Å². The number of carbonyl (C=O) groups is 1. The number of nitrogens with zero attached hydrogens (tertiary/aromatic N) is 2. The molecule has 5 heteroatoms. The topological polar surface area (TPSA) is 64.1 Å². The second kappa shape index (κ2) is 7.25. The zero-order chi connectivity index (χ0) is 18.6. The Balaban J connectivity index is 1.79. The fraction of sp³-hybridized carbons (Fsp3) is 0.0455. The Labute approximate surface area is 156 Å². The van der Waals surface area contributed by atoms with Crippen LogP contribution in [0.1, 0.15) is 10.4 Å². The van der Waals surface area contributed by atoms with Gasteiger partial charge in [-0.1, -0.05) is 18.2 Å². The van der Waals surface area contributed by atoms with Crippen molar-refractivity contribution >= 4 is 22.5 Å². The third kappa shape index (κ3) is 3.48. The molecule has 0 aliphatic heterocycles. The van der Waals surface area contributed by atoms with Crippen LogP contribution in [0.4, 0.5) is 5.69 Å². The molecule has 2 heterocycles. The molecule has 0 fully saturated rings. The van der Waals surface area contributed by atoms with Crippen molar-refractivity contribution in [3.63, 3.8) is 0 Å². The SMILES string of the molecule is COc1ccc(-c2cc(C(=O)Nc3cccnc3)c3ccccc3n2)cc1. The van der Waals surface area contributed by atoms with Crippen molar-refractivity contribution in [2.45, 2.75) is 0 Å². The van der Waals surface area contributed by atoms with Crippen molar-refractivity contribution in [2.24, 2.45) is 0 Å². The summed E-state index contributed by atoms with van der Waals surface area (Å²) >= 11 is 0. The van der Waals surface area contributed by atoms with Crippen LogP contribution in [0.3, 0.4) is 0 Å². The van der Waals surface area contributed by atoms with E-state index in [1.807, 2.05) is 54.6 Å². The van der Waals surface area contributed by atoms with Gasteiger partial charge >= 0.3 is 0 Å². The lowest BCUT2D eigenvalue weighted by Crippen LogP contribution is -2.13. The summed E-state index contributed by atoms with van der Waals surface area (Å²) in [6.45, 7) is 0. The Morgan fingerprint density at radius 3 is 2.56 bits per heavy atom. The molecule has 132 valence electrons. The first-order chi connectivity index (χ1) is 13.2. The van der Waals surface area contributed by atoms with E-state index in [9.17, 15) is 4.79 Å². The fourth-order valence-corrected chi connectivity index (χ4v) is 2.91. The fourth-order valence-electron chi connectivity index (χ4n) is 2.91. The number of ether oxygens (including phenoxy) is 1. The summed E-state index contributed by atoms with van der Waals surface area (Å²) in [5.41, 5.74) is 3.62. The zero-order valence-electron chi connectivity index (χ0n) is 14.7. The summed E-state index contributed by atoms with van der Waals surface area (Å²) in [5.74, 6) is 0.574. The Morgan fingerprint density at radius 2 is 1.81 bits per heavy atom. The quantitative estimate of drug-likeness (QED) is 0.583. The number of para-hydroxylation sites is 1. The highest BCUT2D eigenvalue weighted by molar-refractivity contribution is 6.13. The van der Waals surface area contributed by atoms with E-state index in [1.54, 1.807) is 31.6 Å². The first-order valence-corrected chi connectivity index (χ1v) is 8.50. The molecule has 0 unspecified atom stereocenters. The molecular weight excluding hydrogens is 338 g/mol. The molecule has 0 aliphatic rings. The minimum absolute atomic E-state index is 0.198. The van der Waals surface area contributed by atoms with Crippen LogP contribution in [0.2, 0.25) is 0 Å². The van der Waals surface area contributed by atoms with Crippen LogP contribution < -0.4 is 10.1 Å². The Morgan fingerprint density at radius 1 is 1.00 bits per heavy atom. The third-order valence-corrected chi connectivity index (χ3v) is 4.27. The summed E-state index contributed by atoms with van der Waals surface area (Å²) < 4.78 is 5.21. The second-order valence-electron chi connectivity index (χ2n) is 6.00. The highest BCUT2D eigenvalue weighted by Crippen LogP contribution is 2.27. The number of nitrogens with one attached hydrogen (secondary N) is 1. The lowest BCUT2D eigenvalue weighted by molar-refractivity contribution is 0.102. The molecule has 2 aromatic carbocycles. The van der Waals surface area contributed by atoms with Gasteiger partial charge in [-0.3, -0.25) is 9.78 Å². The molecule has 27 heavy (non-hydrogen) atoms. The molecular formula is C22H17N3O2. The molecule has 0 aliphatic carbocycles. The van der Waals surface area contributed by atoms with Crippen molar-refractivity contribution in [3.8, 4) is 17.0 Å². The van der Waals surface area contributed by atoms with Crippen molar-refractivity contribution < 1.29 is 9.53 Å². The van der Waals surface area contributed by atoms with Gasteiger partial charge in [0.1, 0.15) is 5.75 Å². The summed E-state index contributed by atoms with van der Waals surface area (Å²) in [4.78, 5) is 21.7. The Hall–Kier alpha value is -3.73. The molecule has 0 bridgehead atoms. The molecule has 4 aromatic rings. The molecule has 0 radical (unpaired) electrons. The van der Waals surface area contributed by atoms with Crippen LogP contribution in [0.15, 0.2) is 79.1 Å². The van der Waals surface area contributed by atoms with Crippen LogP contribution in [-0.4, -0.2) is 23.0 Å². The maximum Gasteiger partial charge on any atom is 0.256 e. The number of anilines is 1. The van der Waals surface area contributed by atoms with Gasteiger partial charge in [0, 0.05) is 17.1 Å². The lowest BCUT2D eigenvalue weighted by Gasteiger charge is -2.11. The van der Waals surface area contributed by atoms with Gasteiger partial charge in [0.05, 0.1) is 35.8 Å². The van der Waals surface area contributed by atoms with Crippen molar-refractivity contribution in [3.05, 3.63) is 84.7 Å². The molecule has 1 N–H and O–H groups in total. The van der Waals surface area contributed by atoms with Crippen LogP contribution >= 0.6 is 0 Å². The van der Waals surface area contributed by atoms with E-state index in [-0.39, 0.29) is 5.91 Å². The third-order valence-electron chi connectivity index (χ3n) is 4.27. The van der Waals surface area contributed by atoms with Crippen LogP contribution in [-0.2, 0) is 0 Å². The molecule has 0 saturated heterocycles. The number of rotatable bonds is 4. The molecule has 1 amide bonds. The molecule has 0 spiro atoms. The highest BCUT2D eigenvalue weighted by atomic mass is 16.5. The van der Waals surface area contributed by atoms with Gasteiger partial charge < -0.3 is 10.1 Å². The van der Waals surface area contributed by atoms with E-state index in [4.69, 9.17) is 9.72 Å². The maximum atomic E-state index is 12.9. The number of fused-ring (bicyclic) bond motifs is 1. The second-order valence-corrected chi connectivity index (χ2v) is 6.00. The highest BCUT2D eigenvalue weighted by Gasteiger charge is 2.14. The van der Waals surface area contributed by atoms with Crippen molar-refractivity contribution in [2.75, 3.05) is 12.4 Å². The summed E-state index contributed by atoms with van der Waals surface area (Å²) in [6, 6.07) is 20.6. The number of aromatic nitrogens is 2. The predicted octanol–water partition coefficient (Wildman–Crippen LogP) is 4.56. The van der Waals surface area contributed by atoms with E-state index in [1.165, 1.54) is 0 Å². The minimum Gasteiger partial charge on any atom is -0.497 e. The van der Waals surface area contributed by atoms with Crippen LogP contribution in [0.5, 0.6) is 5.75 Å². The van der Waals surface area contributed by atoms with Crippen LogP contribution in [0, 0.1) is 0 Å². The molecule has 0 atom stereocenters. The molecule has 4 rings (SSSR count). The number of hydrogen-bond acceptors (Lipinski definition) is 4. The van der Waals surface area contributed by atoms with Crippen LogP contribution in [0.25, 0.3) is 22.2 Å².